The van der Waals surface area contributed by atoms with Crippen LogP contribution >= 0.6 is 0 Å². The quantitative estimate of drug-likeness (QED) is 0.800. The Bertz CT molecular complexity index is 747. The van der Waals surface area contributed by atoms with Crippen molar-refractivity contribution in [2.75, 3.05) is 0 Å². The third-order valence-electron chi connectivity index (χ3n) is 3.10. The number of halogens is 4. The van der Waals surface area contributed by atoms with E-state index in [4.69, 9.17) is 0 Å². The topological polar surface area (TPSA) is 39.4 Å². The van der Waals surface area contributed by atoms with Crippen LogP contribution in [0, 0.1) is 0 Å². The molecule has 0 N–H and O–H groups in total. The molecule has 1 aliphatic heterocycles. The molecule has 1 aromatic heterocycles. The Morgan fingerprint density at radius 1 is 0.905 bits per heavy atom. The summed E-state index contributed by atoms with van der Waals surface area (Å²) < 4.78 is 51.8. The first-order valence-electron chi connectivity index (χ1n) is 6.03. The Morgan fingerprint density at radius 2 is 1.67 bits per heavy atom. The molecule has 2 aromatic rings. The van der Waals surface area contributed by atoms with Gasteiger partial charge in [0.25, 0.3) is 12.9 Å². The van der Waals surface area contributed by atoms with E-state index in [1.807, 2.05) is 0 Å². The van der Waals surface area contributed by atoms with Crippen LogP contribution in [0.15, 0.2) is 52.9 Å². The van der Waals surface area contributed by atoms with Crippen molar-refractivity contribution in [1.29, 1.82) is 0 Å². The predicted molar refractivity (Wildman–Crippen MR) is 69.4 cm³/mol. The number of aromatic nitrogens is 1. The second-order valence-corrected chi connectivity index (χ2v) is 4.33. The van der Waals surface area contributed by atoms with Crippen molar-refractivity contribution >= 4 is 16.6 Å². The summed E-state index contributed by atoms with van der Waals surface area (Å²) in [4.78, 5) is 4.11. The van der Waals surface area contributed by atoms with E-state index < -0.39 is 24.1 Å². The van der Waals surface area contributed by atoms with Crippen LogP contribution in [0.25, 0.3) is 10.9 Å². The number of hydrogen-bond acceptors (Lipinski definition) is 2. The molecule has 0 spiro atoms. The van der Waals surface area contributed by atoms with Gasteiger partial charge < -0.3 is 0 Å². The van der Waals surface area contributed by atoms with Gasteiger partial charge >= 0.3 is 0 Å². The highest BCUT2D eigenvalue weighted by Crippen LogP contribution is 2.30. The number of allylic oxidation sites excluding steroid dienone is 2. The van der Waals surface area contributed by atoms with Crippen LogP contribution in [-0.2, 0) is 0 Å². The maximum absolute atomic E-state index is 13.1. The van der Waals surface area contributed by atoms with Crippen LogP contribution in [0.5, 0.6) is 0 Å². The van der Waals surface area contributed by atoms with Gasteiger partial charge in [-0.15, -0.1) is 10.5 Å². The van der Waals surface area contributed by atoms with Crippen LogP contribution in [0.4, 0.5) is 17.6 Å². The average Bonchev–Trinajstić information content (AvgIpc) is 2.91. The van der Waals surface area contributed by atoms with Crippen LogP contribution in [-0.4, -0.2) is 23.5 Å². The molecule has 0 atom stereocenters. The molecule has 0 saturated heterocycles. The zero-order chi connectivity index (χ0) is 15.0. The van der Waals surface area contributed by atoms with Crippen molar-refractivity contribution in [2.45, 2.75) is 12.9 Å². The van der Waals surface area contributed by atoms with Crippen molar-refractivity contribution in [3.8, 4) is 0 Å². The molecular formula is C14H8F4N3. The molecule has 0 amide bonds. The lowest BCUT2D eigenvalue weighted by atomic mass is 9.99. The van der Waals surface area contributed by atoms with Gasteiger partial charge in [0, 0.05) is 17.1 Å². The fourth-order valence-corrected chi connectivity index (χ4v) is 2.20. The van der Waals surface area contributed by atoms with Crippen molar-refractivity contribution in [1.82, 2.24) is 10.4 Å². The Hall–Kier alpha value is -2.44. The standard InChI is InChI=1S/C14H8F4N3/c15-13(16)9-11(20-21-12(9)14(17)18)8-5-1-3-7-4-2-6-19-10(7)8/h1-6,13-14H. The van der Waals surface area contributed by atoms with Gasteiger partial charge in [-0.2, -0.15) is 0 Å². The van der Waals surface area contributed by atoms with Gasteiger partial charge in [-0.1, -0.05) is 24.3 Å². The number of benzene rings is 1. The van der Waals surface area contributed by atoms with Crippen molar-refractivity contribution in [3.63, 3.8) is 0 Å². The van der Waals surface area contributed by atoms with Gasteiger partial charge in [-0.25, -0.2) is 17.6 Å². The zero-order valence-corrected chi connectivity index (χ0v) is 10.5. The van der Waals surface area contributed by atoms with Crippen LogP contribution in [0.2, 0.25) is 0 Å². The number of rotatable bonds is 3. The highest BCUT2D eigenvalue weighted by molar-refractivity contribution is 6.19. The minimum Gasteiger partial charge on any atom is -0.256 e. The molecule has 0 unspecified atom stereocenters. The molecule has 3 nitrogen and oxygen atoms in total. The Morgan fingerprint density at radius 3 is 2.38 bits per heavy atom. The molecule has 21 heavy (non-hydrogen) atoms. The summed E-state index contributed by atoms with van der Waals surface area (Å²) in [6.07, 6.45) is -4.69. The summed E-state index contributed by atoms with van der Waals surface area (Å²) in [5, 5.41) is 4.23. The molecule has 0 saturated carbocycles. The van der Waals surface area contributed by atoms with Crippen LogP contribution < -0.4 is 5.43 Å². The van der Waals surface area contributed by atoms with Crippen molar-refractivity contribution in [3.05, 3.63) is 53.4 Å². The molecule has 3 rings (SSSR count). The molecule has 107 valence electrons. The SMILES string of the molecule is FC(F)C1=C(C(F)F)C(c2cccc3cccnc23)=N[N]1. The lowest BCUT2D eigenvalue weighted by Gasteiger charge is -2.09. The van der Waals surface area contributed by atoms with Gasteiger partial charge in [0.2, 0.25) is 0 Å². The molecule has 1 aliphatic rings. The van der Waals surface area contributed by atoms with E-state index in [0.717, 1.165) is 0 Å². The average molecular weight is 294 g/mol. The number of alkyl halides is 4. The highest BCUT2D eigenvalue weighted by Gasteiger charge is 2.34. The summed E-state index contributed by atoms with van der Waals surface area (Å²) in [5.41, 5.74) is 1.84. The fraction of sp³-hybridized carbons (Fsp3) is 0.143. The minimum atomic E-state index is -3.10. The minimum absolute atomic E-state index is 0.246. The summed E-state index contributed by atoms with van der Waals surface area (Å²) in [7, 11) is 0. The van der Waals surface area contributed by atoms with E-state index in [0.29, 0.717) is 10.9 Å². The monoisotopic (exact) mass is 294 g/mol. The number of fused-ring (bicyclic) bond motifs is 1. The van der Waals surface area contributed by atoms with Crippen molar-refractivity contribution < 1.29 is 17.6 Å². The second kappa shape index (κ2) is 5.16. The first-order chi connectivity index (χ1) is 10.1. The van der Waals surface area contributed by atoms with E-state index in [1.165, 1.54) is 12.3 Å². The maximum Gasteiger partial charge on any atom is 0.282 e. The number of hydrogen-bond donors (Lipinski definition) is 0. The van der Waals surface area contributed by atoms with Crippen LogP contribution in [0.3, 0.4) is 0 Å². The first-order valence-corrected chi connectivity index (χ1v) is 6.03. The third kappa shape index (κ3) is 2.24. The van der Waals surface area contributed by atoms with E-state index in [9.17, 15) is 17.6 Å². The lowest BCUT2D eigenvalue weighted by Crippen LogP contribution is -2.14. The van der Waals surface area contributed by atoms with Gasteiger partial charge in [0.05, 0.1) is 11.1 Å². The van der Waals surface area contributed by atoms with E-state index in [-0.39, 0.29) is 11.3 Å². The normalized spacial score (nSPS) is 15.0. The van der Waals surface area contributed by atoms with Gasteiger partial charge in [0.1, 0.15) is 11.4 Å². The largest absolute Gasteiger partial charge is 0.282 e. The van der Waals surface area contributed by atoms with Gasteiger partial charge in [-0.05, 0) is 6.07 Å². The third-order valence-corrected chi connectivity index (χ3v) is 3.10. The van der Waals surface area contributed by atoms with Crippen molar-refractivity contribution in [2.24, 2.45) is 5.10 Å². The molecule has 0 fully saturated rings. The van der Waals surface area contributed by atoms with E-state index >= 15 is 0 Å². The molecule has 1 radical (unpaired) electrons. The number of pyridine rings is 1. The smallest absolute Gasteiger partial charge is 0.256 e. The van der Waals surface area contributed by atoms with Gasteiger partial charge in [0.15, 0.2) is 0 Å². The Labute approximate surface area is 117 Å². The van der Waals surface area contributed by atoms with Crippen LogP contribution in [0.1, 0.15) is 5.56 Å². The van der Waals surface area contributed by atoms with Gasteiger partial charge in [-0.3, -0.25) is 4.98 Å². The number of para-hydroxylation sites is 1. The maximum atomic E-state index is 13.1. The molecular weight excluding hydrogens is 286 g/mol. The summed E-state index contributed by atoms with van der Waals surface area (Å²) >= 11 is 0. The molecule has 0 aliphatic carbocycles. The Kier molecular flexibility index (Phi) is 3.32. The second-order valence-electron chi connectivity index (χ2n) is 4.33. The highest BCUT2D eigenvalue weighted by atomic mass is 19.3. The number of nitrogens with zero attached hydrogens (tertiary/aromatic N) is 3. The molecule has 0 bridgehead atoms. The summed E-state index contributed by atoms with van der Waals surface area (Å²) in [6, 6.07) is 8.34. The lowest BCUT2D eigenvalue weighted by molar-refractivity contribution is 0.163. The first kappa shape index (κ1) is 13.5. The van der Waals surface area contributed by atoms with E-state index in [1.54, 1.807) is 24.3 Å². The molecule has 7 heteroatoms. The van der Waals surface area contributed by atoms with E-state index in [2.05, 4.69) is 15.5 Å². The zero-order valence-electron chi connectivity index (χ0n) is 10.5. The predicted octanol–water partition coefficient (Wildman–Crippen LogP) is 3.34. The molecule has 2 heterocycles. The summed E-state index contributed by atoms with van der Waals surface area (Å²) in [5.74, 6) is 0. The summed E-state index contributed by atoms with van der Waals surface area (Å²) in [6.45, 7) is 0. The fourth-order valence-electron chi connectivity index (χ4n) is 2.20. The Balaban J connectivity index is 2.19. The molecule has 1 aromatic carbocycles.